The van der Waals surface area contributed by atoms with Gasteiger partial charge in [0.25, 0.3) is 0 Å². The molecule has 2 aromatic rings. The molecule has 0 saturated carbocycles. The van der Waals surface area contributed by atoms with Gasteiger partial charge in [-0.1, -0.05) is 0 Å². The number of thiazole rings is 1. The largest absolute Gasteiger partial charge is 0.496 e. The molecule has 0 radical (unpaired) electrons. The van der Waals surface area contributed by atoms with E-state index in [1.807, 2.05) is 0 Å². The average molecular weight is 327 g/mol. The van der Waals surface area contributed by atoms with E-state index in [9.17, 15) is 8.42 Å². The lowest BCUT2D eigenvalue weighted by Crippen LogP contribution is -2.23. The summed E-state index contributed by atoms with van der Waals surface area (Å²) >= 11 is 1.41. The molecule has 114 valence electrons. The second-order valence-corrected chi connectivity index (χ2v) is 7.03. The summed E-state index contributed by atoms with van der Waals surface area (Å²) in [5, 5.41) is 2.99. The van der Waals surface area contributed by atoms with E-state index in [-0.39, 0.29) is 11.4 Å². The molecule has 0 saturated heterocycles. The van der Waals surface area contributed by atoms with Crippen molar-refractivity contribution in [2.24, 2.45) is 0 Å². The summed E-state index contributed by atoms with van der Waals surface area (Å²) in [6, 6.07) is 4.81. The van der Waals surface area contributed by atoms with Crippen LogP contribution in [-0.4, -0.2) is 27.6 Å². The van der Waals surface area contributed by atoms with Gasteiger partial charge in [0, 0.05) is 29.7 Å². The molecule has 0 spiro atoms. The summed E-state index contributed by atoms with van der Waals surface area (Å²) in [5.74, 6) is 0.658. The molecule has 0 aliphatic heterocycles. The van der Waals surface area contributed by atoms with Gasteiger partial charge < -0.3 is 10.1 Å². The molecule has 2 N–H and O–H groups in total. The van der Waals surface area contributed by atoms with Crippen molar-refractivity contribution in [1.29, 1.82) is 0 Å². The first-order valence-electron chi connectivity index (χ1n) is 6.25. The van der Waals surface area contributed by atoms with Crippen LogP contribution in [0.1, 0.15) is 10.4 Å². The second-order valence-electron chi connectivity index (χ2n) is 4.30. The van der Waals surface area contributed by atoms with Crippen LogP contribution in [-0.2, 0) is 23.1 Å². The summed E-state index contributed by atoms with van der Waals surface area (Å²) in [7, 11) is -0.202. The molecule has 0 amide bonds. The van der Waals surface area contributed by atoms with Crippen molar-refractivity contribution in [3.8, 4) is 5.75 Å². The molecule has 0 aliphatic carbocycles. The van der Waals surface area contributed by atoms with Crippen molar-refractivity contribution < 1.29 is 13.2 Å². The molecule has 0 aliphatic rings. The molecule has 21 heavy (non-hydrogen) atoms. The molecule has 1 aromatic carbocycles. The molecular formula is C13H17N3O3S2. The van der Waals surface area contributed by atoms with Gasteiger partial charge in [-0.25, -0.2) is 13.1 Å². The molecule has 1 aromatic heterocycles. The Morgan fingerprint density at radius 1 is 1.33 bits per heavy atom. The van der Waals surface area contributed by atoms with Crippen LogP contribution in [0.15, 0.2) is 34.8 Å². The minimum Gasteiger partial charge on any atom is -0.496 e. The molecule has 0 fully saturated rings. The van der Waals surface area contributed by atoms with E-state index >= 15 is 0 Å². The van der Waals surface area contributed by atoms with Gasteiger partial charge in [-0.15, -0.1) is 11.3 Å². The van der Waals surface area contributed by atoms with Gasteiger partial charge in [0.1, 0.15) is 5.75 Å². The molecule has 0 bridgehead atoms. The number of nitrogens with zero attached hydrogens (tertiary/aromatic N) is 1. The Bertz CT molecular complexity index is 685. The first-order chi connectivity index (χ1) is 10.1. The maximum Gasteiger partial charge on any atom is 0.240 e. The maximum atomic E-state index is 12.3. The van der Waals surface area contributed by atoms with Gasteiger partial charge in [-0.05, 0) is 25.2 Å². The maximum absolute atomic E-state index is 12.3. The van der Waals surface area contributed by atoms with E-state index in [0.717, 1.165) is 10.4 Å². The Morgan fingerprint density at radius 3 is 2.76 bits per heavy atom. The Kier molecular flexibility index (Phi) is 5.29. The summed E-state index contributed by atoms with van der Waals surface area (Å²) in [5.41, 5.74) is 2.46. The minimum atomic E-state index is -3.56. The molecule has 2 rings (SSSR count). The number of hydrogen-bond acceptors (Lipinski definition) is 6. The van der Waals surface area contributed by atoms with Gasteiger partial charge >= 0.3 is 0 Å². The third-order valence-electron chi connectivity index (χ3n) is 2.85. The van der Waals surface area contributed by atoms with Gasteiger partial charge in [-0.2, -0.15) is 0 Å². The fourth-order valence-electron chi connectivity index (χ4n) is 1.83. The van der Waals surface area contributed by atoms with E-state index in [1.54, 1.807) is 38.0 Å². The van der Waals surface area contributed by atoms with Crippen LogP contribution in [0.5, 0.6) is 5.75 Å². The lowest BCUT2D eigenvalue weighted by molar-refractivity contribution is 0.408. The first kappa shape index (κ1) is 15.9. The first-order valence-corrected chi connectivity index (χ1v) is 8.61. The van der Waals surface area contributed by atoms with Gasteiger partial charge in [0.05, 0.1) is 17.5 Å². The number of benzene rings is 1. The van der Waals surface area contributed by atoms with Gasteiger partial charge in [0.2, 0.25) is 10.0 Å². The van der Waals surface area contributed by atoms with E-state index in [2.05, 4.69) is 15.0 Å². The van der Waals surface area contributed by atoms with E-state index in [1.165, 1.54) is 17.4 Å². The molecule has 0 atom stereocenters. The van der Waals surface area contributed by atoms with Gasteiger partial charge in [0.15, 0.2) is 0 Å². The monoisotopic (exact) mass is 327 g/mol. The number of sulfonamides is 1. The second kappa shape index (κ2) is 6.99. The molecule has 6 nitrogen and oxygen atoms in total. The van der Waals surface area contributed by atoms with Gasteiger partial charge in [-0.3, -0.25) is 4.98 Å². The topological polar surface area (TPSA) is 80.3 Å². The Labute approximate surface area is 128 Å². The predicted molar refractivity (Wildman–Crippen MR) is 81.9 cm³/mol. The number of rotatable bonds is 7. The molecule has 1 heterocycles. The predicted octanol–water partition coefficient (Wildman–Crippen LogP) is 1.35. The highest BCUT2D eigenvalue weighted by Gasteiger charge is 2.16. The SMILES string of the molecule is CNCc1cc(S(=O)(=O)NCc2cncs2)ccc1OC. The Balaban J connectivity index is 2.20. The summed E-state index contributed by atoms with van der Waals surface area (Å²) in [6.07, 6.45) is 1.65. The number of aromatic nitrogens is 1. The van der Waals surface area contributed by atoms with Crippen LogP contribution in [0, 0.1) is 0 Å². The van der Waals surface area contributed by atoms with Crippen molar-refractivity contribution in [3.05, 3.63) is 40.3 Å². The fraction of sp³-hybridized carbons (Fsp3) is 0.308. The van der Waals surface area contributed by atoms with Crippen LogP contribution in [0.2, 0.25) is 0 Å². The molecular weight excluding hydrogens is 310 g/mol. The third-order valence-corrected chi connectivity index (χ3v) is 5.03. The smallest absolute Gasteiger partial charge is 0.240 e. The fourth-order valence-corrected chi connectivity index (χ4v) is 3.51. The number of hydrogen-bond donors (Lipinski definition) is 2. The highest BCUT2D eigenvalue weighted by atomic mass is 32.2. The number of ether oxygens (including phenoxy) is 1. The quantitative estimate of drug-likeness (QED) is 0.802. The lowest BCUT2D eigenvalue weighted by Gasteiger charge is -2.11. The summed E-state index contributed by atoms with van der Waals surface area (Å²) < 4.78 is 32.4. The number of nitrogens with one attached hydrogen (secondary N) is 2. The Hall–Kier alpha value is -1.48. The average Bonchev–Trinajstić information content (AvgIpc) is 2.99. The third kappa shape index (κ3) is 4.01. The normalized spacial score (nSPS) is 11.5. The minimum absolute atomic E-state index is 0.220. The zero-order valence-electron chi connectivity index (χ0n) is 11.8. The summed E-state index contributed by atoms with van der Waals surface area (Å²) in [6.45, 7) is 0.766. The summed E-state index contributed by atoms with van der Waals surface area (Å²) in [4.78, 5) is 5.00. The molecule has 8 heteroatoms. The van der Waals surface area contributed by atoms with Crippen LogP contribution < -0.4 is 14.8 Å². The highest BCUT2D eigenvalue weighted by molar-refractivity contribution is 7.89. The Morgan fingerprint density at radius 2 is 2.14 bits per heavy atom. The molecule has 0 unspecified atom stereocenters. The highest BCUT2D eigenvalue weighted by Crippen LogP contribution is 2.22. The van der Waals surface area contributed by atoms with Crippen LogP contribution in [0.3, 0.4) is 0 Å². The van der Waals surface area contributed by atoms with Crippen LogP contribution >= 0.6 is 11.3 Å². The number of methoxy groups -OCH3 is 1. The zero-order chi connectivity index (χ0) is 15.3. The van der Waals surface area contributed by atoms with Crippen molar-refractivity contribution >= 4 is 21.4 Å². The van der Waals surface area contributed by atoms with Crippen LogP contribution in [0.4, 0.5) is 0 Å². The lowest BCUT2D eigenvalue weighted by atomic mass is 10.2. The van der Waals surface area contributed by atoms with E-state index < -0.39 is 10.0 Å². The van der Waals surface area contributed by atoms with Crippen molar-refractivity contribution in [2.45, 2.75) is 18.0 Å². The van der Waals surface area contributed by atoms with Crippen molar-refractivity contribution in [3.63, 3.8) is 0 Å². The standard InChI is InChI=1S/C13H17N3O3S2/c1-14-6-10-5-12(3-4-13(10)19-2)21(17,18)16-8-11-7-15-9-20-11/h3-5,7,9,14,16H,6,8H2,1-2H3. The van der Waals surface area contributed by atoms with Crippen molar-refractivity contribution in [1.82, 2.24) is 15.0 Å². The zero-order valence-corrected chi connectivity index (χ0v) is 13.4. The van der Waals surface area contributed by atoms with E-state index in [4.69, 9.17) is 4.74 Å². The van der Waals surface area contributed by atoms with Crippen molar-refractivity contribution in [2.75, 3.05) is 14.2 Å². The van der Waals surface area contributed by atoms with E-state index in [0.29, 0.717) is 12.3 Å². The van der Waals surface area contributed by atoms with Crippen LogP contribution in [0.25, 0.3) is 0 Å².